The van der Waals surface area contributed by atoms with Gasteiger partial charge in [-0.05, 0) is 6.42 Å². The Hall–Kier alpha value is 0.803. The summed E-state index contributed by atoms with van der Waals surface area (Å²) < 4.78 is 0. The molecule has 0 heterocycles. The van der Waals surface area contributed by atoms with Gasteiger partial charge in [0.05, 0.1) is 0 Å². The molecule has 0 amide bonds. The summed E-state index contributed by atoms with van der Waals surface area (Å²) in [5.74, 6) is 0. The van der Waals surface area contributed by atoms with Crippen LogP contribution in [0.5, 0.6) is 0 Å². The summed E-state index contributed by atoms with van der Waals surface area (Å²) in [5, 5.41) is 7.88. The van der Waals surface area contributed by atoms with Crippen LogP contribution in [0.1, 0.15) is 13.3 Å². The molecule has 0 saturated heterocycles. The van der Waals surface area contributed by atoms with Crippen LogP contribution in [0.25, 0.3) is 0 Å². The number of hydrogen-bond donors (Lipinski definition) is 2. The van der Waals surface area contributed by atoms with Crippen LogP contribution in [0, 0.1) is 0 Å². The van der Waals surface area contributed by atoms with Crippen molar-refractivity contribution in [3.05, 3.63) is 0 Å². The van der Waals surface area contributed by atoms with Gasteiger partial charge in [0.2, 0.25) is 0 Å². The molecule has 0 atom stereocenters. The molecule has 0 rings (SSSR count). The first-order chi connectivity index (χ1) is 1.91. The van der Waals surface area contributed by atoms with Crippen LogP contribution >= 0.6 is 0 Å². The van der Waals surface area contributed by atoms with Gasteiger partial charge in [0.1, 0.15) is 0 Å². The molecule has 0 saturated carbocycles. The molecule has 0 spiro atoms. The van der Waals surface area contributed by atoms with Gasteiger partial charge in [0.15, 0.2) is 0 Å². The number of rotatable bonds is 1. The monoisotopic (exact) mass is 167 g/mol. The fourth-order valence-corrected chi connectivity index (χ4v) is 0. The van der Waals surface area contributed by atoms with Gasteiger partial charge in [-0.3, -0.25) is 0 Å². The van der Waals surface area contributed by atoms with Crippen molar-refractivity contribution < 1.29 is 31.3 Å². The van der Waals surface area contributed by atoms with E-state index >= 15 is 0 Å². The van der Waals surface area contributed by atoms with Crippen molar-refractivity contribution in [2.75, 3.05) is 6.61 Å². The fraction of sp³-hybridized carbons (Fsp3) is 1.00. The molecular weight excluding hydrogens is 157 g/mol. The summed E-state index contributed by atoms with van der Waals surface area (Å²) >= 11 is 0. The first-order valence-corrected chi connectivity index (χ1v) is 1.52. The van der Waals surface area contributed by atoms with Crippen molar-refractivity contribution >= 4 is 0 Å². The Balaban J connectivity index is -0.0000000450. The van der Waals surface area contributed by atoms with Crippen molar-refractivity contribution in [2.45, 2.75) is 13.3 Å². The van der Waals surface area contributed by atoms with E-state index < -0.39 is 0 Å². The summed E-state index contributed by atoms with van der Waals surface area (Å²) in [6.07, 6.45) is 0.875. The molecule has 38 valence electrons. The van der Waals surface area contributed by atoms with E-state index in [0.717, 1.165) is 6.42 Å². The first kappa shape index (κ1) is 15.8. The quantitative estimate of drug-likeness (QED) is 0.601. The van der Waals surface area contributed by atoms with Crippen LogP contribution < -0.4 is 6.15 Å². The van der Waals surface area contributed by atoms with E-state index in [-0.39, 0.29) is 32.4 Å². The van der Waals surface area contributed by atoms with Crippen LogP contribution in [-0.4, -0.2) is 11.7 Å². The van der Waals surface area contributed by atoms with Gasteiger partial charge in [0, 0.05) is 32.8 Å². The second-order valence-electron chi connectivity index (χ2n) is 0.724. The molecule has 0 aliphatic carbocycles. The van der Waals surface area contributed by atoms with Gasteiger partial charge in [-0.25, -0.2) is 0 Å². The standard InChI is InChI=1S/C3H8O.H3N.Zr/c1-2-3-4;;/h4H,2-3H2,1H3;1H3;. The van der Waals surface area contributed by atoms with E-state index in [2.05, 4.69) is 0 Å². The second-order valence-corrected chi connectivity index (χ2v) is 0.724. The predicted octanol–water partition coefficient (Wildman–Crippen LogP) is 0.548. The molecule has 4 N–H and O–H groups in total. The van der Waals surface area contributed by atoms with Gasteiger partial charge in [-0.2, -0.15) is 0 Å². The summed E-state index contributed by atoms with van der Waals surface area (Å²) in [7, 11) is 0. The average Bonchev–Trinajstić information content (AvgIpc) is 1.37. The fourth-order valence-electron chi connectivity index (χ4n) is 0. The van der Waals surface area contributed by atoms with Gasteiger partial charge in [-0.1, -0.05) is 6.92 Å². The van der Waals surface area contributed by atoms with Gasteiger partial charge in [-0.15, -0.1) is 0 Å². The molecule has 0 aromatic heterocycles. The van der Waals surface area contributed by atoms with Crippen molar-refractivity contribution in [3.8, 4) is 0 Å². The maximum absolute atomic E-state index is 7.88. The minimum absolute atomic E-state index is 0. The second kappa shape index (κ2) is 17.0. The zero-order chi connectivity index (χ0) is 3.41. The topological polar surface area (TPSA) is 55.2 Å². The molecule has 0 bridgehead atoms. The molecule has 0 fully saturated rings. The third-order valence-electron chi connectivity index (χ3n) is 0.224. The van der Waals surface area contributed by atoms with E-state index in [1.807, 2.05) is 6.92 Å². The van der Waals surface area contributed by atoms with Crippen LogP contribution in [-0.2, 0) is 26.2 Å². The number of hydrogen-bond acceptors (Lipinski definition) is 2. The first-order valence-electron chi connectivity index (χ1n) is 1.52. The third-order valence-corrected chi connectivity index (χ3v) is 0.224. The Morgan fingerprint density at radius 2 is 1.67 bits per heavy atom. The largest absolute Gasteiger partial charge is 0.396 e. The Morgan fingerprint density at radius 1 is 1.50 bits per heavy atom. The van der Waals surface area contributed by atoms with Crippen LogP contribution in [0.3, 0.4) is 0 Å². The van der Waals surface area contributed by atoms with Gasteiger partial charge in [0.25, 0.3) is 0 Å². The Labute approximate surface area is 57.6 Å². The minimum atomic E-state index is 0. The minimum Gasteiger partial charge on any atom is -0.396 e. The van der Waals surface area contributed by atoms with E-state index in [0.29, 0.717) is 6.61 Å². The molecule has 2 nitrogen and oxygen atoms in total. The van der Waals surface area contributed by atoms with E-state index in [1.165, 1.54) is 0 Å². The molecule has 0 aromatic rings. The van der Waals surface area contributed by atoms with Crippen molar-refractivity contribution in [2.24, 2.45) is 0 Å². The molecule has 0 radical (unpaired) electrons. The smallest absolute Gasteiger partial charge is 0.0428 e. The Morgan fingerprint density at radius 3 is 1.67 bits per heavy atom. The zero-order valence-corrected chi connectivity index (χ0v) is 6.53. The molecule has 0 aliphatic heterocycles. The van der Waals surface area contributed by atoms with E-state index in [4.69, 9.17) is 5.11 Å². The van der Waals surface area contributed by atoms with Crippen molar-refractivity contribution in [1.29, 1.82) is 0 Å². The summed E-state index contributed by atoms with van der Waals surface area (Å²) in [6.45, 7) is 2.25. The molecular formula is C3H11NOZr. The third kappa shape index (κ3) is 21.4. The van der Waals surface area contributed by atoms with E-state index in [1.54, 1.807) is 0 Å². The molecule has 6 heavy (non-hydrogen) atoms. The number of aliphatic hydroxyl groups excluding tert-OH is 1. The molecule has 0 aromatic carbocycles. The predicted molar refractivity (Wildman–Crippen MR) is 22.4 cm³/mol. The van der Waals surface area contributed by atoms with E-state index in [9.17, 15) is 0 Å². The van der Waals surface area contributed by atoms with Crippen LogP contribution in [0.15, 0.2) is 0 Å². The summed E-state index contributed by atoms with van der Waals surface area (Å²) in [4.78, 5) is 0. The maximum Gasteiger partial charge on any atom is 0.0428 e. The van der Waals surface area contributed by atoms with Crippen molar-refractivity contribution in [3.63, 3.8) is 0 Å². The Bertz CT molecular complexity index is 12.8. The average molecular weight is 168 g/mol. The van der Waals surface area contributed by atoms with Crippen LogP contribution in [0.4, 0.5) is 0 Å². The normalized spacial score (nSPS) is 5.00. The summed E-state index contributed by atoms with van der Waals surface area (Å²) in [6, 6.07) is 0. The summed E-state index contributed by atoms with van der Waals surface area (Å²) in [5.41, 5.74) is 0. The Kier molecular flexibility index (Phi) is 45.0. The zero-order valence-electron chi connectivity index (χ0n) is 4.07. The van der Waals surface area contributed by atoms with Gasteiger partial charge >= 0.3 is 0 Å². The maximum atomic E-state index is 7.88. The van der Waals surface area contributed by atoms with Crippen molar-refractivity contribution in [1.82, 2.24) is 6.15 Å². The molecule has 0 aliphatic rings. The molecule has 0 unspecified atom stereocenters. The number of aliphatic hydroxyl groups is 1. The van der Waals surface area contributed by atoms with Gasteiger partial charge < -0.3 is 11.3 Å². The molecule has 3 heteroatoms. The SMILES string of the molecule is CCCO.N.[Zr]. The van der Waals surface area contributed by atoms with Crippen LogP contribution in [0.2, 0.25) is 0 Å².